The number of nitrogens with one attached hydrogen (secondary N) is 2. The van der Waals surface area contributed by atoms with Crippen LogP contribution in [0.5, 0.6) is 0 Å². The number of carbonyl (C=O) groups excluding carboxylic acids is 2. The van der Waals surface area contributed by atoms with Crippen LogP contribution in [-0.2, 0) is 9.59 Å². The molecular formula is C16H20ClN3O2. The highest BCUT2D eigenvalue weighted by molar-refractivity contribution is 6.03. The van der Waals surface area contributed by atoms with Crippen LogP contribution in [0.1, 0.15) is 13.3 Å². The molecular weight excluding hydrogens is 302 g/mol. The lowest BCUT2D eigenvalue weighted by Gasteiger charge is -2.10. The summed E-state index contributed by atoms with van der Waals surface area (Å²) in [5, 5.41) is 7.38. The van der Waals surface area contributed by atoms with E-state index in [-0.39, 0.29) is 43.2 Å². The van der Waals surface area contributed by atoms with Gasteiger partial charge in [0.25, 0.3) is 0 Å². The molecule has 2 rings (SSSR count). The number of amides is 2. The van der Waals surface area contributed by atoms with E-state index in [0.717, 1.165) is 16.5 Å². The van der Waals surface area contributed by atoms with E-state index in [4.69, 9.17) is 5.73 Å². The first-order valence-corrected chi connectivity index (χ1v) is 6.86. The quantitative estimate of drug-likeness (QED) is 0.788. The number of carbonyl (C=O) groups is 2. The van der Waals surface area contributed by atoms with E-state index in [1.54, 1.807) is 6.92 Å². The molecule has 0 aliphatic rings. The van der Waals surface area contributed by atoms with Gasteiger partial charge in [0.2, 0.25) is 11.8 Å². The van der Waals surface area contributed by atoms with Crippen LogP contribution in [-0.4, -0.2) is 24.4 Å². The highest BCUT2D eigenvalue weighted by atomic mass is 35.5. The highest BCUT2D eigenvalue weighted by Crippen LogP contribution is 2.22. The number of anilines is 1. The topological polar surface area (TPSA) is 84.2 Å². The van der Waals surface area contributed by atoms with Gasteiger partial charge in [-0.3, -0.25) is 9.59 Å². The monoisotopic (exact) mass is 321 g/mol. The van der Waals surface area contributed by atoms with Crippen LogP contribution < -0.4 is 16.4 Å². The smallest absolute Gasteiger partial charge is 0.243 e. The van der Waals surface area contributed by atoms with Crippen LogP contribution in [0.15, 0.2) is 42.5 Å². The average Bonchev–Trinajstić information content (AvgIpc) is 2.45. The fraction of sp³-hybridized carbons (Fsp3) is 0.250. The summed E-state index contributed by atoms with van der Waals surface area (Å²) in [5.74, 6) is -0.484. The summed E-state index contributed by atoms with van der Waals surface area (Å²) in [7, 11) is 0. The summed E-state index contributed by atoms with van der Waals surface area (Å²) in [6, 6.07) is 13.3. The summed E-state index contributed by atoms with van der Waals surface area (Å²) in [4.78, 5) is 23.3. The van der Waals surface area contributed by atoms with E-state index in [0.29, 0.717) is 0 Å². The molecule has 0 heterocycles. The second kappa shape index (κ2) is 8.36. The third-order valence-corrected chi connectivity index (χ3v) is 3.02. The van der Waals surface area contributed by atoms with Crippen molar-refractivity contribution in [3.63, 3.8) is 0 Å². The van der Waals surface area contributed by atoms with Gasteiger partial charge in [-0.1, -0.05) is 36.4 Å². The largest absolute Gasteiger partial charge is 0.347 e. The number of nitrogens with two attached hydrogens (primary N) is 1. The second-order valence-corrected chi connectivity index (χ2v) is 5.03. The number of rotatable bonds is 5. The van der Waals surface area contributed by atoms with Crippen LogP contribution in [0, 0.1) is 0 Å². The molecule has 0 saturated carbocycles. The minimum Gasteiger partial charge on any atom is -0.347 e. The average molecular weight is 322 g/mol. The number of halogens is 1. The molecule has 2 amide bonds. The van der Waals surface area contributed by atoms with Gasteiger partial charge < -0.3 is 16.4 Å². The van der Waals surface area contributed by atoms with E-state index < -0.39 is 0 Å². The molecule has 1 atom stereocenters. The van der Waals surface area contributed by atoms with Crippen molar-refractivity contribution in [1.82, 2.24) is 5.32 Å². The van der Waals surface area contributed by atoms with Crippen LogP contribution in [0.2, 0.25) is 0 Å². The van der Waals surface area contributed by atoms with Gasteiger partial charge in [-0.05, 0) is 18.4 Å². The Labute approximate surface area is 135 Å². The van der Waals surface area contributed by atoms with Crippen molar-refractivity contribution in [3.8, 4) is 0 Å². The molecule has 4 N–H and O–H groups in total. The lowest BCUT2D eigenvalue weighted by molar-refractivity contribution is -0.124. The minimum absolute atomic E-state index is 0. The van der Waals surface area contributed by atoms with Gasteiger partial charge in [0.15, 0.2) is 0 Å². The fourth-order valence-corrected chi connectivity index (χ4v) is 2.07. The minimum atomic E-state index is -0.260. The van der Waals surface area contributed by atoms with Gasteiger partial charge in [0, 0.05) is 23.5 Å². The molecule has 6 heteroatoms. The lowest BCUT2D eigenvalue weighted by atomic mass is 10.1. The molecule has 0 radical (unpaired) electrons. The van der Waals surface area contributed by atoms with Gasteiger partial charge in [0.05, 0.1) is 6.54 Å². The number of fused-ring (bicyclic) bond motifs is 1. The standard InChI is InChI=1S/C16H19N3O2.ClH/c1-11(17)9-15(20)18-10-16(21)19-14-8-4-6-12-5-2-3-7-13(12)14;/h2-8,11H,9-10,17H2,1H3,(H,18,20)(H,19,21);1H. The highest BCUT2D eigenvalue weighted by Gasteiger charge is 2.09. The number of benzene rings is 2. The third kappa shape index (κ3) is 5.02. The van der Waals surface area contributed by atoms with Crippen LogP contribution in [0.4, 0.5) is 5.69 Å². The van der Waals surface area contributed by atoms with E-state index in [1.165, 1.54) is 0 Å². The summed E-state index contributed by atoms with van der Waals surface area (Å²) >= 11 is 0. The molecule has 0 aliphatic heterocycles. The van der Waals surface area contributed by atoms with Crippen molar-refractivity contribution < 1.29 is 9.59 Å². The molecule has 22 heavy (non-hydrogen) atoms. The Morgan fingerprint density at radius 3 is 2.50 bits per heavy atom. The predicted octanol–water partition coefficient (Wildman–Crippen LogP) is 2.05. The summed E-state index contributed by atoms with van der Waals surface area (Å²) in [6.45, 7) is 1.69. The molecule has 0 saturated heterocycles. The van der Waals surface area contributed by atoms with Crippen molar-refractivity contribution in [2.24, 2.45) is 5.73 Å². The maximum Gasteiger partial charge on any atom is 0.243 e. The molecule has 0 fully saturated rings. The number of hydrogen-bond acceptors (Lipinski definition) is 3. The van der Waals surface area contributed by atoms with Gasteiger partial charge >= 0.3 is 0 Å². The Hall–Kier alpha value is -2.11. The zero-order valence-corrected chi connectivity index (χ0v) is 13.2. The number of hydrogen-bond donors (Lipinski definition) is 3. The Balaban J connectivity index is 0.00000242. The Morgan fingerprint density at radius 2 is 1.77 bits per heavy atom. The van der Waals surface area contributed by atoms with Crippen molar-refractivity contribution in [2.45, 2.75) is 19.4 Å². The van der Waals surface area contributed by atoms with Crippen molar-refractivity contribution in [3.05, 3.63) is 42.5 Å². The molecule has 1 unspecified atom stereocenters. The van der Waals surface area contributed by atoms with E-state index in [2.05, 4.69) is 10.6 Å². The molecule has 5 nitrogen and oxygen atoms in total. The van der Waals surface area contributed by atoms with E-state index >= 15 is 0 Å². The summed E-state index contributed by atoms with van der Waals surface area (Å²) in [6.07, 6.45) is 0.210. The SMILES string of the molecule is CC(N)CC(=O)NCC(=O)Nc1cccc2ccccc12.Cl. The van der Waals surface area contributed by atoms with Gasteiger partial charge in [0.1, 0.15) is 0 Å². The van der Waals surface area contributed by atoms with Crippen LogP contribution in [0.3, 0.4) is 0 Å². The molecule has 0 aliphatic carbocycles. The van der Waals surface area contributed by atoms with Crippen molar-refractivity contribution >= 4 is 40.7 Å². The first-order valence-electron chi connectivity index (χ1n) is 6.86. The van der Waals surface area contributed by atoms with E-state index in [9.17, 15) is 9.59 Å². The van der Waals surface area contributed by atoms with Crippen LogP contribution in [0.25, 0.3) is 10.8 Å². The molecule has 2 aromatic carbocycles. The fourth-order valence-electron chi connectivity index (χ4n) is 2.07. The van der Waals surface area contributed by atoms with Gasteiger partial charge in [-0.2, -0.15) is 0 Å². The molecule has 0 aromatic heterocycles. The third-order valence-electron chi connectivity index (χ3n) is 3.02. The molecule has 2 aromatic rings. The Bertz CT molecular complexity index is 653. The maximum absolute atomic E-state index is 11.9. The predicted molar refractivity (Wildman–Crippen MR) is 91.1 cm³/mol. The Kier molecular flexibility index (Phi) is 6.82. The molecule has 0 bridgehead atoms. The molecule has 118 valence electrons. The van der Waals surface area contributed by atoms with Crippen molar-refractivity contribution in [1.29, 1.82) is 0 Å². The first-order chi connectivity index (χ1) is 10.1. The van der Waals surface area contributed by atoms with Crippen LogP contribution >= 0.6 is 12.4 Å². The van der Waals surface area contributed by atoms with Crippen molar-refractivity contribution in [2.75, 3.05) is 11.9 Å². The second-order valence-electron chi connectivity index (χ2n) is 5.03. The Morgan fingerprint density at radius 1 is 1.09 bits per heavy atom. The zero-order chi connectivity index (χ0) is 15.2. The maximum atomic E-state index is 11.9. The van der Waals surface area contributed by atoms with E-state index in [1.807, 2.05) is 42.5 Å². The van der Waals surface area contributed by atoms with Gasteiger partial charge in [-0.25, -0.2) is 0 Å². The zero-order valence-electron chi connectivity index (χ0n) is 12.3. The summed E-state index contributed by atoms with van der Waals surface area (Å²) < 4.78 is 0. The lowest BCUT2D eigenvalue weighted by Crippen LogP contribution is -2.35. The summed E-state index contributed by atoms with van der Waals surface area (Å²) in [5.41, 5.74) is 6.26. The normalized spacial score (nSPS) is 11.4. The molecule has 0 spiro atoms. The first kappa shape index (κ1) is 17.9. The van der Waals surface area contributed by atoms with Gasteiger partial charge in [-0.15, -0.1) is 12.4 Å².